The number of fused-ring (bicyclic) bond motifs is 1. The van der Waals surface area contributed by atoms with Crippen molar-refractivity contribution in [3.63, 3.8) is 0 Å². The Morgan fingerprint density at radius 2 is 1.94 bits per heavy atom. The molecule has 1 aromatic heterocycles. The summed E-state index contributed by atoms with van der Waals surface area (Å²) in [5.41, 5.74) is 2.52. The Bertz CT molecular complexity index is 989. The molecule has 0 atom stereocenters. The van der Waals surface area contributed by atoms with E-state index >= 15 is 0 Å². The van der Waals surface area contributed by atoms with Crippen LogP contribution in [0.3, 0.4) is 0 Å². The molecule has 0 unspecified atom stereocenters. The highest BCUT2D eigenvalue weighted by molar-refractivity contribution is 7.17. The molecule has 166 valence electrons. The van der Waals surface area contributed by atoms with E-state index in [4.69, 9.17) is 16.3 Å². The predicted octanol–water partition coefficient (Wildman–Crippen LogP) is 3.57. The van der Waals surface area contributed by atoms with Crippen LogP contribution in [-0.4, -0.2) is 61.5 Å². The van der Waals surface area contributed by atoms with Crippen LogP contribution in [0, 0.1) is 5.82 Å². The lowest BCUT2D eigenvalue weighted by Crippen LogP contribution is -2.48. The molecule has 1 aliphatic carbocycles. The predicted molar refractivity (Wildman–Crippen MR) is 119 cm³/mol. The molecule has 4 rings (SSSR count). The van der Waals surface area contributed by atoms with E-state index in [2.05, 4.69) is 15.1 Å². The minimum Gasteiger partial charge on any atom is -0.465 e. The van der Waals surface area contributed by atoms with Gasteiger partial charge >= 0.3 is 5.97 Å². The number of anilines is 1. The Kier molecular flexibility index (Phi) is 6.91. The van der Waals surface area contributed by atoms with Gasteiger partial charge in [0.2, 0.25) is 5.91 Å². The number of thiophene rings is 1. The molecule has 6 nitrogen and oxygen atoms in total. The number of esters is 1. The van der Waals surface area contributed by atoms with Crippen molar-refractivity contribution in [2.75, 3.05) is 45.2 Å². The molecule has 1 aromatic carbocycles. The lowest BCUT2D eigenvalue weighted by molar-refractivity contribution is -0.117. The van der Waals surface area contributed by atoms with E-state index in [1.54, 1.807) is 12.1 Å². The van der Waals surface area contributed by atoms with E-state index in [9.17, 15) is 14.0 Å². The number of amides is 1. The summed E-state index contributed by atoms with van der Waals surface area (Å²) in [5, 5.41) is 3.68. The van der Waals surface area contributed by atoms with E-state index < -0.39 is 5.82 Å². The summed E-state index contributed by atoms with van der Waals surface area (Å²) in [5.74, 6) is -0.916. The van der Waals surface area contributed by atoms with Gasteiger partial charge < -0.3 is 10.1 Å². The zero-order valence-corrected chi connectivity index (χ0v) is 19.0. The summed E-state index contributed by atoms with van der Waals surface area (Å²) in [6, 6.07) is 4.80. The number of rotatable bonds is 6. The summed E-state index contributed by atoms with van der Waals surface area (Å²) in [7, 11) is 1.37. The maximum atomic E-state index is 13.3. The van der Waals surface area contributed by atoms with Gasteiger partial charge in [-0.2, -0.15) is 0 Å². The van der Waals surface area contributed by atoms with E-state index in [1.165, 1.54) is 29.4 Å². The fourth-order valence-corrected chi connectivity index (χ4v) is 5.68. The van der Waals surface area contributed by atoms with E-state index in [-0.39, 0.29) is 23.4 Å². The summed E-state index contributed by atoms with van der Waals surface area (Å²) in [6.45, 7) is 4.11. The molecule has 0 spiro atoms. The number of methoxy groups -OCH3 is 1. The summed E-state index contributed by atoms with van der Waals surface area (Å²) >= 11 is 7.36. The normalized spacial score (nSPS) is 16.9. The van der Waals surface area contributed by atoms with Crippen LogP contribution in [0.2, 0.25) is 5.02 Å². The van der Waals surface area contributed by atoms with Crippen molar-refractivity contribution in [3.05, 3.63) is 50.6 Å². The van der Waals surface area contributed by atoms with Crippen molar-refractivity contribution in [1.29, 1.82) is 0 Å². The third-order valence-corrected chi connectivity index (χ3v) is 7.28. The molecule has 2 aliphatic rings. The van der Waals surface area contributed by atoms with Crippen molar-refractivity contribution < 1.29 is 18.7 Å². The maximum Gasteiger partial charge on any atom is 0.341 e. The lowest BCUT2D eigenvalue weighted by Gasteiger charge is -2.34. The first-order chi connectivity index (χ1) is 14.9. The van der Waals surface area contributed by atoms with Gasteiger partial charge in [-0.05, 0) is 42.5 Å². The number of halogens is 2. The molecule has 1 fully saturated rings. The number of nitrogens with one attached hydrogen (secondary N) is 1. The largest absolute Gasteiger partial charge is 0.465 e. The molecule has 0 radical (unpaired) electrons. The van der Waals surface area contributed by atoms with Crippen LogP contribution in [0.25, 0.3) is 0 Å². The Morgan fingerprint density at radius 3 is 2.65 bits per heavy atom. The van der Waals surface area contributed by atoms with Crippen LogP contribution in [0.4, 0.5) is 9.39 Å². The van der Waals surface area contributed by atoms with Gasteiger partial charge in [-0.25, -0.2) is 9.18 Å². The molecule has 2 aromatic rings. The third-order valence-electron chi connectivity index (χ3n) is 5.79. The summed E-state index contributed by atoms with van der Waals surface area (Å²) in [4.78, 5) is 30.4. The van der Waals surface area contributed by atoms with Gasteiger partial charge in [0.05, 0.1) is 24.2 Å². The zero-order chi connectivity index (χ0) is 22.0. The number of hydrogen-bond donors (Lipinski definition) is 1. The molecule has 1 aliphatic heterocycles. The van der Waals surface area contributed by atoms with Gasteiger partial charge in [-0.1, -0.05) is 17.7 Å². The minimum absolute atomic E-state index is 0.121. The van der Waals surface area contributed by atoms with Gasteiger partial charge in [0.15, 0.2) is 0 Å². The van der Waals surface area contributed by atoms with E-state index in [0.717, 1.165) is 56.6 Å². The molecular formula is C22H25ClFN3O3S. The molecule has 2 heterocycles. The molecule has 0 bridgehead atoms. The first kappa shape index (κ1) is 22.2. The number of benzene rings is 1. The SMILES string of the molecule is COC(=O)c1c(NC(=O)CN2CCN(Cc3ccc(F)c(Cl)c3)CC2)sc2c1CCC2. The topological polar surface area (TPSA) is 61.9 Å². The molecule has 1 N–H and O–H groups in total. The Morgan fingerprint density at radius 1 is 1.19 bits per heavy atom. The van der Waals surface area contributed by atoms with Crippen LogP contribution in [-0.2, 0) is 28.9 Å². The third kappa shape index (κ3) is 5.09. The van der Waals surface area contributed by atoms with Crippen LogP contribution >= 0.6 is 22.9 Å². The summed E-state index contributed by atoms with van der Waals surface area (Å²) in [6.07, 6.45) is 2.84. The molecule has 1 saturated heterocycles. The number of piperazine rings is 1. The molecular weight excluding hydrogens is 441 g/mol. The van der Waals surface area contributed by atoms with Crippen LogP contribution < -0.4 is 5.32 Å². The number of hydrogen-bond acceptors (Lipinski definition) is 6. The van der Waals surface area contributed by atoms with Crippen LogP contribution in [0.15, 0.2) is 18.2 Å². The zero-order valence-electron chi connectivity index (χ0n) is 17.4. The van der Waals surface area contributed by atoms with Crippen molar-refractivity contribution in [2.45, 2.75) is 25.8 Å². The lowest BCUT2D eigenvalue weighted by atomic mass is 10.1. The highest BCUT2D eigenvalue weighted by Gasteiger charge is 2.28. The summed E-state index contributed by atoms with van der Waals surface area (Å²) < 4.78 is 18.3. The van der Waals surface area contributed by atoms with Crippen LogP contribution in [0.1, 0.15) is 32.8 Å². The van der Waals surface area contributed by atoms with Gasteiger partial charge in [0.25, 0.3) is 0 Å². The monoisotopic (exact) mass is 465 g/mol. The molecule has 9 heteroatoms. The maximum absolute atomic E-state index is 13.3. The van der Waals surface area contributed by atoms with Crippen molar-refractivity contribution in [3.8, 4) is 0 Å². The first-order valence-electron chi connectivity index (χ1n) is 10.4. The van der Waals surface area contributed by atoms with Gasteiger partial charge in [-0.3, -0.25) is 14.6 Å². The van der Waals surface area contributed by atoms with Crippen LogP contribution in [0.5, 0.6) is 0 Å². The number of nitrogens with zero attached hydrogens (tertiary/aromatic N) is 2. The van der Waals surface area contributed by atoms with Crippen molar-refractivity contribution in [2.24, 2.45) is 0 Å². The Balaban J connectivity index is 1.30. The smallest absolute Gasteiger partial charge is 0.341 e. The van der Waals surface area contributed by atoms with E-state index in [1.807, 2.05) is 0 Å². The standard InChI is InChI=1S/C22H25ClFN3O3S/c1-30-22(29)20-15-3-2-4-18(15)31-21(20)25-19(28)13-27-9-7-26(8-10-27)12-14-5-6-17(24)16(23)11-14/h5-6,11H,2-4,7-10,12-13H2,1H3,(H,25,28). The van der Waals surface area contributed by atoms with E-state index in [0.29, 0.717) is 17.1 Å². The molecule has 1 amide bonds. The average Bonchev–Trinajstić information content (AvgIpc) is 3.32. The second-order valence-corrected chi connectivity index (χ2v) is 9.41. The Hall–Kier alpha value is -2.00. The Labute approximate surface area is 189 Å². The van der Waals surface area contributed by atoms with Gasteiger partial charge in [0.1, 0.15) is 10.8 Å². The molecule has 31 heavy (non-hydrogen) atoms. The second kappa shape index (κ2) is 9.65. The fraction of sp³-hybridized carbons (Fsp3) is 0.455. The highest BCUT2D eigenvalue weighted by Crippen LogP contribution is 2.39. The number of carbonyl (C=O) groups excluding carboxylic acids is 2. The van der Waals surface area contributed by atoms with Crippen molar-refractivity contribution >= 4 is 39.8 Å². The number of ether oxygens (including phenoxy) is 1. The average molecular weight is 466 g/mol. The van der Waals surface area contributed by atoms with Gasteiger partial charge in [0, 0.05) is 37.6 Å². The molecule has 0 saturated carbocycles. The van der Waals surface area contributed by atoms with Gasteiger partial charge in [-0.15, -0.1) is 11.3 Å². The fourth-order valence-electron chi connectivity index (χ4n) is 4.18. The second-order valence-electron chi connectivity index (χ2n) is 7.90. The minimum atomic E-state index is -0.410. The number of carbonyl (C=O) groups is 2. The first-order valence-corrected chi connectivity index (χ1v) is 11.6. The highest BCUT2D eigenvalue weighted by atomic mass is 35.5. The van der Waals surface area contributed by atoms with Crippen molar-refractivity contribution in [1.82, 2.24) is 9.80 Å². The number of aryl methyl sites for hydroxylation is 1. The quantitative estimate of drug-likeness (QED) is 0.661.